The lowest BCUT2D eigenvalue weighted by atomic mass is 9.83. The summed E-state index contributed by atoms with van der Waals surface area (Å²) in [5.74, 6) is 0.733. The summed E-state index contributed by atoms with van der Waals surface area (Å²) in [5.41, 5.74) is 1.67. The van der Waals surface area contributed by atoms with Gasteiger partial charge in [0.15, 0.2) is 0 Å². The van der Waals surface area contributed by atoms with E-state index in [0.29, 0.717) is 5.41 Å². The SMILES string of the molecule is CC(C)CNCCC(C)(C)Cc1cccnc1. The van der Waals surface area contributed by atoms with Crippen LogP contribution in [-0.4, -0.2) is 18.1 Å². The highest BCUT2D eigenvalue weighted by atomic mass is 14.8. The molecule has 0 spiro atoms. The molecule has 0 saturated carbocycles. The molecule has 0 aliphatic rings. The minimum Gasteiger partial charge on any atom is -0.316 e. The van der Waals surface area contributed by atoms with Crippen LogP contribution >= 0.6 is 0 Å². The van der Waals surface area contributed by atoms with E-state index >= 15 is 0 Å². The first-order valence-electron chi connectivity index (χ1n) is 6.59. The molecule has 2 heteroatoms. The van der Waals surface area contributed by atoms with E-state index in [1.165, 1.54) is 12.0 Å². The minimum absolute atomic E-state index is 0.340. The van der Waals surface area contributed by atoms with Gasteiger partial charge in [0.2, 0.25) is 0 Å². The van der Waals surface area contributed by atoms with E-state index in [-0.39, 0.29) is 0 Å². The van der Waals surface area contributed by atoms with Gasteiger partial charge in [-0.3, -0.25) is 4.98 Å². The van der Waals surface area contributed by atoms with Crippen LogP contribution in [0.5, 0.6) is 0 Å². The lowest BCUT2D eigenvalue weighted by Crippen LogP contribution is -2.26. The minimum atomic E-state index is 0.340. The zero-order valence-corrected chi connectivity index (χ0v) is 11.7. The Labute approximate surface area is 106 Å². The summed E-state index contributed by atoms with van der Waals surface area (Å²) in [6, 6.07) is 4.18. The molecule has 1 N–H and O–H groups in total. The number of rotatable bonds is 7. The van der Waals surface area contributed by atoms with Crippen molar-refractivity contribution in [1.82, 2.24) is 10.3 Å². The normalized spacial score (nSPS) is 12.1. The third kappa shape index (κ3) is 6.42. The van der Waals surface area contributed by atoms with Crippen LogP contribution in [0.3, 0.4) is 0 Å². The molecule has 2 nitrogen and oxygen atoms in total. The smallest absolute Gasteiger partial charge is 0.0300 e. The zero-order valence-electron chi connectivity index (χ0n) is 11.7. The van der Waals surface area contributed by atoms with Crippen molar-refractivity contribution in [3.63, 3.8) is 0 Å². The van der Waals surface area contributed by atoms with Gasteiger partial charge in [0.25, 0.3) is 0 Å². The molecule has 0 fully saturated rings. The Morgan fingerprint density at radius 2 is 2.12 bits per heavy atom. The van der Waals surface area contributed by atoms with Crippen molar-refractivity contribution in [2.24, 2.45) is 11.3 Å². The molecule has 96 valence electrons. The quantitative estimate of drug-likeness (QED) is 0.732. The molecule has 0 bridgehead atoms. The fourth-order valence-electron chi connectivity index (χ4n) is 1.96. The number of pyridine rings is 1. The second kappa shape index (κ2) is 6.75. The van der Waals surface area contributed by atoms with E-state index in [4.69, 9.17) is 0 Å². The Morgan fingerprint density at radius 1 is 1.35 bits per heavy atom. The molecule has 0 radical (unpaired) electrons. The zero-order chi connectivity index (χ0) is 12.7. The Balaban J connectivity index is 2.31. The molecule has 0 aliphatic carbocycles. The first-order chi connectivity index (χ1) is 7.99. The van der Waals surface area contributed by atoms with Gasteiger partial charge < -0.3 is 5.32 Å². The van der Waals surface area contributed by atoms with Gasteiger partial charge in [-0.15, -0.1) is 0 Å². The van der Waals surface area contributed by atoms with E-state index in [1.807, 2.05) is 18.5 Å². The van der Waals surface area contributed by atoms with E-state index in [2.05, 4.69) is 44.1 Å². The second-order valence-electron chi connectivity index (χ2n) is 6.05. The number of aromatic nitrogens is 1. The van der Waals surface area contributed by atoms with Crippen molar-refractivity contribution < 1.29 is 0 Å². The molecular formula is C15H26N2. The lowest BCUT2D eigenvalue weighted by molar-refractivity contribution is 0.322. The third-order valence-electron chi connectivity index (χ3n) is 2.94. The third-order valence-corrected chi connectivity index (χ3v) is 2.94. The first kappa shape index (κ1) is 14.2. The summed E-state index contributed by atoms with van der Waals surface area (Å²) < 4.78 is 0. The predicted octanol–water partition coefficient (Wildman–Crippen LogP) is 3.29. The molecule has 1 rings (SSSR count). The van der Waals surface area contributed by atoms with Crippen LogP contribution in [0.4, 0.5) is 0 Å². The van der Waals surface area contributed by atoms with Crippen LogP contribution in [0, 0.1) is 11.3 Å². The van der Waals surface area contributed by atoms with E-state index < -0.39 is 0 Å². The molecule has 17 heavy (non-hydrogen) atoms. The monoisotopic (exact) mass is 234 g/mol. The van der Waals surface area contributed by atoms with Crippen molar-refractivity contribution in [3.8, 4) is 0 Å². The highest BCUT2D eigenvalue weighted by molar-refractivity contribution is 5.10. The number of hydrogen-bond acceptors (Lipinski definition) is 2. The second-order valence-corrected chi connectivity index (χ2v) is 6.05. The molecule has 1 aromatic heterocycles. The summed E-state index contributed by atoms with van der Waals surface area (Å²) in [6.07, 6.45) is 6.11. The average Bonchev–Trinajstić information content (AvgIpc) is 2.25. The van der Waals surface area contributed by atoms with Crippen LogP contribution in [-0.2, 0) is 6.42 Å². The van der Waals surface area contributed by atoms with E-state index in [9.17, 15) is 0 Å². The van der Waals surface area contributed by atoms with E-state index in [1.54, 1.807) is 0 Å². The molecule has 0 amide bonds. The van der Waals surface area contributed by atoms with Crippen LogP contribution < -0.4 is 5.32 Å². The maximum atomic E-state index is 4.17. The fraction of sp³-hybridized carbons (Fsp3) is 0.667. The summed E-state index contributed by atoms with van der Waals surface area (Å²) in [7, 11) is 0. The number of nitrogens with zero attached hydrogens (tertiary/aromatic N) is 1. The van der Waals surface area contributed by atoms with Gasteiger partial charge in [-0.25, -0.2) is 0 Å². The molecule has 0 unspecified atom stereocenters. The van der Waals surface area contributed by atoms with Crippen molar-refractivity contribution in [3.05, 3.63) is 30.1 Å². The van der Waals surface area contributed by atoms with Crippen molar-refractivity contribution in [2.45, 2.75) is 40.5 Å². The van der Waals surface area contributed by atoms with Gasteiger partial charge in [0, 0.05) is 12.4 Å². The summed E-state index contributed by atoms with van der Waals surface area (Å²) in [6.45, 7) is 11.4. The van der Waals surface area contributed by atoms with Crippen molar-refractivity contribution >= 4 is 0 Å². The van der Waals surface area contributed by atoms with Crippen LogP contribution in [0.2, 0.25) is 0 Å². The van der Waals surface area contributed by atoms with Gasteiger partial charge in [-0.2, -0.15) is 0 Å². The van der Waals surface area contributed by atoms with Crippen molar-refractivity contribution in [1.29, 1.82) is 0 Å². The molecular weight excluding hydrogens is 208 g/mol. The maximum absolute atomic E-state index is 4.17. The predicted molar refractivity (Wildman–Crippen MR) is 74.0 cm³/mol. The highest BCUT2D eigenvalue weighted by Gasteiger charge is 2.17. The Kier molecular flexibility index (Phi) is 5.63. The van der Waals surface area contributed by atoms with Gasteiger partial charge in [0.1, 0.15) is 0 Å². The van der Waals surface area contributed by atoms with Gasteiger partial charge in [0.05, 0.1) is 0 Å². The van der Waals surface area contributed by atoms with Crippen molar-refractivity contribution in [2.75, 3.05) is 13.1 Å². The summed E-state index contributed by atoms with van der Waals surface area (Å²) >= 11 is 0. The molecule has 1 heterocycles. The van der Waals surface area contributed by atoms with Crippen LogP contribution in [0.25, 0.3) is 0 Å². The maximum Gasteiger partial charge on any atom is 0.0300 e. The topological polar surface area (TPSA) is 24.9 Å². The number of nitrogens with one attached hydrogen (secondary N) is 1. The van der Waals surface area contributed by atoms with Crippen LogP contribution in [0.1, 0.15) is 39.7 Å². The molecule has 1 aromatic rings. The molecule has 0 saturated heterocycles. The summed E-state index contributed by atoms with van der Waals surface area (Å²) in [4.78, 5) is 4.17. The largest absolute Gasteiger partial charge is 0.316 e. The Bertz CT molecular complexity index is 304. The van der Waals surface area contributed by atoms with E-state index in [0.717, 1.165) is 25.4 Å². The first-order valence-corrected chi connectivity index (χ1v) is 6.59. The van der Waals surface area contributed by atoms with Gasteiger partial charge in [-0.1, -0.05) is 33.8 Å². The van der Waals surface area contributed by atoms with Gasteiger partial charge >= 0.3 is 0 Å². The van der Waals surface area contributed by atoms with Crippen LogP contribution in [0.15, 0.2) is 24.5 Å². The molecule has 0 aromatic carbocycles. The van der Waals surface area contributed by atoms with Gasteiger partial charge in [-0.05, 0) is 48.9 Å². The standard InChI is InChI=1S/C15H26N2/c1-13(2)11-17-9-7-15(3,4)10-14-6-5-8-16-12-14/h5-6,8,12-13,17H,7,9-11H2,1-4H3. The average molecular weight is 234 g/mol. The highest BCUT2D eigenvalue weighted by Crippen LogP contribution is 2.24. The Morgan fingerprint density at radius 3 is 2.71 bits per heavy atom. The Hall–Kier alpha value is -0.890. The molecule has 0 aliphatic heterocycles. The number of hydrogen-bond donors (Lipinski definition) is 1. The molecule has 0 atom stereocenters. The lowest BCUT2D eigenvalue weighted by Gasteiger charge is -2.25. The summed E-state index contributed by atoms with van der Waals surface area (Å²) in [5, 5.41) is 3.51. The fourth-order valence-corrected chi connectivity index (χ4v) is 1.96.